The van der Waals surface area contributed by atoms with Gasteiger partial charge in [0.15, 0.2) is 0 Å². The van der Waals surface area contributed by atoms with E-state index in [0.717, 1.165) is 43.6 Å². The third kappa shape index (κ3) is 7.14. The molecule has 1 heterocycles. The van der Waals surface area contributed by atoms with E-state index in [1.165, 1.54) is 11.1 Å². The Labute approximate surface area is 232 Å². The van der Waals surface area contributed by atoms with Crippen molar-refractivity contribution < 1.29 is 9.59 Å². The van der Waals surface area contributed by atoms with E-state index in [1.807, 2.05) is 47.4 Å². The van der Waals surface area contributed by atoms with Gasteiger partial charge in [-0.15, -0.1) is 0 Å². The third-order valence-corrected chi connectivity index (χ3v) is 8.04. The van der Waals surface area contributed by atoms with Crippen molar-refractivity contribution in [1.82, 2.24) is 20.4 Å². The summed E-state index contributed by atoms with van der Waals surface area (Å²) < 4.78 is 0. The SMILES string of the molecule is Cc1ccc([C@@H]2C[C@H]2NCCC[C@H](NC(=O)c2ccc(-c3ccccc3)cc2)C(=O)N2CCN(C)CC2)cc1. The van der Waals surface area contributed by atoms with Crippen LogP contribution in [-0.2, 0) is 4.79 Å². The maximum Gasteiger partial charge on any atom is 0.251 e. The van der Waals surface area contributed by atoms with Crippen LogP contribution in [-0.4, -0.2) is 73.5 Å². The molecule has 2 fully saturated rings. The van der Waals surface area contributed by atoms with Gasteiger partial charge in [0.2, 0.25) is 5.91 Å². The van der Waals surface area contributed by atoms with Gasteiger partial charge < -0.3 is 20.4 Å². The summed E-state index contributed by atoms with van der Waals surface area (Å²) in [6.45, 7) is 6.07. The summed E-state index contributed by atoms with van der Waals surface area (Å²) in [7, 11) is 2.08. The molecule has 3 aromatic carbocycles. The minimum absolute atomic E-state index is 0.0290. The molecule has 3 aromatic rings. The van der Waals surface area contributed by atoms with Crippen molar-refractivity contribution in [2.75, 3.05) is 39.8 Å². The van der Waals surface area contributed by atoms with Gasteiger partial charge in [-0.3, -0.25) is 9.59 Å². The summed E-state index contributed by atoms with van der Waals surface area (Å²) in [4.78, 5) is 30.8. The van der Waals surface area contributed by atoms with Gasteiger partial charge in [-0.2, -0.15) is 0 Å². The molecular weight excluding hydrogens is 484 g/mol. The molecule has 3 atom stereocenters. The topological polar surface area (TPSA) is 64.7 Å². The van der Waals surface area contributed by atoms with Crippen molar-refractivity contribution >= 4 is 11.8 Å². The maximum atomic E-state index is 13.5. The molecule has 2 amide bonds. The smallest absolute Gasteiger partial charge is 0.251 e. The number of amides is 2. The van der Waals surface area contributed by atoms with Crippen LogP contribution in [0, 0.1) is 6.92 Å². The summed E-state index contributed by atoms with van der Waals surface area (Å²) in [5.74, 6) is 0.407. The number of rotatable bonds is 10. The third-order valence-electron chi connectivity index (χ3n) is 8.04. The normalized spacial score (nSPS) is 19.9. The number of carbonyl (C=O) groups is 2. The molecule has 39 heavy (non-hydrogen) atoms. The molecule has 1 aliphatic carbocycles. The van der Waals surface area contributed by atoms with Crippen LogP contribution < -0.4 is 10.6 Å². The second-order valence-corrected chi connectivity index (χ2v) is 11.1. The lowest BCUT2D eigenvalue weighted by Gasteiger charge is -2.34. The largest absolute Gasteiger partial charge is 0.340 e. The molecule has 0 aromatic heterocycles. The molecule has 6 nitrogen and oxygen atoms in total. The Morgan fingerprint density at radius 1 is 0.872 bits per heavy atom. The van der Waals surface area contributed by atoms with Gasteiger partial charge in [-0.1, -0.05) is 72.3 Å². The van der Waals surface area contributed by atoms with E-state index in [0.29, 0.717) is 37.0 Å². The van der Waals surface area contributed by atoms with Crippen molar-refractivity contribution in [3.8, 4) is 11.1 Å². The zero-order valence-electron chi connectivity index (χ0n) is 23.1. The number of nitrogens with one attached hydrogen (secondary N) is 2. The maximum absolute atomic E-state index is 13.5. The minimum Gasteiger partial charge on any atom is -0.340 e. The molecule has 1 aliphatic heterocycles. The second-order valence-electron chi connectivity index (χ2n) is 11.1. The highest BCUT2D eigenvalue weighted by atomic mass is 16.2. The van der Waals surface area contributed by atoms with E-state index >= 15 is 0 Å². The van der Waals surface area contributed by atoms with Gasteiger partial charge in [-0.25, -0.2) is 0 Å². The van der Waals surface area contributed by atoms with Gasteiger partial charge in [0.25, 0.3) is 5.91 Å². The van der Waals surface area contributed by atoms with Gasteiger partial charge in [0, 0.05) is 43.7 Å². The van der Waals surface area contributed by atoms with E-state index in [4.69, 9.17) is 0 Å². The first-order valence-corrected chi connectivity index (χ1v) is 14.2. The van der Waals surface area contributed by atoms with Crippen LogP contribution in [0.1, 0.15) is 46.7 Å². The zero-order chi connectivity index (χ0) is 27.2. The van der Waals surface area contributed by atoms with Crippen LogP contribution in [0.2, 0.25) is 0 Å². The Morgan fingerprint density at radius 3 is 2.23 bits per heavy atom. The predicted molar refractivity (Wildman–Crippen MR) is 157 cm³/mol. The molecule has 2 N–H and O–H groups in total. The van der Waals surface area contributed by atoms with Crippen LogP contribution >= 0.6 is 0 Å². The quantitative estimate of drug-likeness (QED) is 0.385. The Hall–Kier alpha value is -3.48. The molecule has 204 valence electrons. The monoisotopic (exact) mass is 524 g/mol. The molecule has 0 bridgehead atoms. The van der Waals surface area contributed by atoms with Gasteiger partial charge in [-0.05, 0) is 68.6 Å². The number of nitrogens with zero attached hydrogens (tertiary/aromatic N) is 2. The molecule has 5 rings (SSSR count). The van der Waals surface area contributed by atoms with Crippen LogP contribution in [0.25, 0.3) is 11.1 Å². The Kier molecular flexibility index (Phi) is 8.74. The first kappa shape index (κ1) is 27.1. The van der Waals surface area contributed by atoms with Crippen molar-refractivity contribution in [2.24, 2.45) is 0 Å². The average Bonchev–Trinajstić information content (AvgIpc) is 3.75. The first-order chi connectivity index (χ1) is 19.0. The number of benzene rings is 3. The number of hydrogen-bond acceptors (Lipinski definition) is 4. The molecule has 2 aliphatic rings. The number of aryl methyl sites for hydroxylation is 1. The van der Waals surface area contributed by atoms with Crippen molar-refractivity contribution in [1.29, 1.82) is 0 Å². The van der Waals surface area contributed by atoms with Crippen LogP contribution in [0.15, 0.2) is 78.9 Å². The molecule has 0 unspecified atom stereocenters. The fourth-order valence-electron chi connectivity index (χ4n) is 5.39. The first-order valence-electron chi connectivity index (χ1n) is 14.2. The standard InChI is InChI=1S/C33H40N4O2/c1-24-10-12-27(13-11-24)29-23-31(29)34-18-6-9-30(33(39)37-21-19-36(2)20-22-37)35-32(38)28-16-14-26(15-17-28)25-7-4-3-5-8-25/h3-5,7-8,10-17,29-31,34H,6,9,18-23H2,1-2H3,(H,35,38)/t29-,30-,31+/m0/s1. The fraction of sp³-hybridized carbons (Fsp3) is 0.394. The van der Waals surface area contributed by atoms with E-state index in [1.54, 1.807) is 0 Å². The summed E-state index contributed by atoms with van der Waals surface area (Å²) in [5.41, 5.74) is 5.43. The highest BCUT2D eigenvalue weighted by Gasteiger charge is 2.37. The minimum atomic E-state index is -0.524. The number of hydrogen-bond donors (Lipinski definition) is 2. The lowest BCUT2D eigenvalue weighted by atomic mass is 10.0. The Morgan fingerprint density at radius 2 is 1.54 bits per heavy atom. The van der Waals surface area contributed by atoms with Crippen molar-refractivity contribution in [3.63, 3.8) is 0 Å². The fourth-order valence-corrected chi connectivity index (χ4v) is 5.39. The zero-order valence-corrected chi connectivity index (χ0v) is 23.1. The molecule has 0 radical (unpaired) electrons. The molecular formula is C33H40N4O2. The van der Waals surface area contributed by atoms with E-state index in [9.17, 15) is 9.59 Å². The summed E-state index contributed by atoms with van der Waals surface area (Å²) in [6, 6.07) is 26.5. The average molecular weight is 525 g/mol. The van der Waals surface area contributed by atoms with Gasteiger partial charge >= 0.3 is 0 Å². The van der Waals surface area contributed by atoms with E-state index < -0.39 is 6.04 Å². The summed E-state index contributed by atoms with van der Waals surface area (Å²) in [6.07, 6.45) is 2.60. The molecule has 6 heteroatoms. The van der Waals surface area contributed by atoms with E-state index in [2.05, 4.69) is 65.9 Å². The highest BCUT2D eigenvalue weighted by Crippen LogP contribution is 2.40. The lowest BCUT2D eigenvalue weighted by molar-refractivity contribution is -0.135. The number of likely N-dealkylation sites (N-methyl/N-ethyl adjacent to an activating group) is 1. The lowest BCUT2D eigenvalue weighted by Crippen LogP contribution is -2.54. The number of carbonyl (C=O) groups excluding carboxylic acids is 2. The Balaban J connectivity index is 1.17. The van der Waals surface area contributed by atoms with E-state index in [-0.39, 0.29) is 11.8 Å². The van der Waals surface area contributed by atoms with Crippen molar-refractivity contribution in [3.05, 3.63) is 95.6 Å². The second kappa shape index (κ2) is 12.6. The van der Waals surface area contributed by atoms with Gasteiger partial charge in [0.1, 0.15) is 6.04 Å². The van der Waals surface area contributed by atoms with Gasteiger partial charge in [0.05, 0.1) is 0 Å². The van der Waals surface area contributed by atoms with Crippen LogP contribution in [0.3, 0.4) is 0 Å². The number of piperazine rings is 1. The van der Waals surface area contributed by atoms with Crippen molar-refractivity contribution in [2.45, 2.75) is 44.2 Å². The molecule has 1 saturated heterocycles. The molecule has 0 spiro atoms. The highest BCUT2D eigenvalue weighted by molar-refractivity contribution is 5.98. The molecule has 1 saturated carbocycles. The summed E-state index contributed by atoms with van der Waals surface area (Å²) >= 11 is 0. The van der Waals surface area contributed by atoms with Crippen LogP contribution in [0.4, 0.5) is 0 Å². The van der Waals surface area contributed by atoms with Crippen LogP contribution in [0.5, 0.6) is 0 Å². The predicted octanol–water partition coefficient (Wildman–Crippen LogP) is 4.46. The Bertz CT molecular complexity index is 1230. The summed E-state index contributed by atoms with van der Waals surface area (Å²) in [5, 5.41) is 6.73.